The van der Waals surface area contributed by atoms with Crippen LogP contribution in [0.3, 0.4) is 0 Å². The molecule has 6 nitrogen and oxygen atoms in total. The lowest BCUT2D eigenvalue weighted by Gasteiger charge is -2.32. The summed E-state index contributed by atoms with van der Waals surface area (Å²) >= 11 is 1.96. The normalized spacial score (nSPS) is 14.0. The van der Waals surface area contributed by atoms with Crippen molar-refractivity contribution < 1.29 is 18.9 Å². The van der Waals surface area contributed by atoms with Gasteiger partial charge in [-0.15, -0.1) is 0 Å². The van der Waals surface area contributed by atoms with Gasteiger partial charge in [0.15, 0.2) is 0 Å². The van der Waals surface area contributed by atoms with Crippen molar-refractivity contribution in [1.82, 2.24) is 0 Å². The van der Waals surface area contributed by atoms with Gasteiger partial charge in [0.2, 0.25) is 0 Å². The zero-order valence-corrected chi connectivity index (χ0v) is 54.6. The Kier molecular flexibility index (Phi) is 43.7. The summed E-state index contributed by atoms with van der Waals surface area (Å²) < 4.78 is 26.9. The van der Waals surface area contributed by atoms with E-state index < -0.39 is 0 Å². The monoisotopic (exact) mass is 1160 g/mol. The summed E-state index contributed by atoms with van der Waals surface area (Å²) in [6, 6.07) is 39.1. The fourth-order valence-corrected chi connectivity index (χ4v) is 12.8. The summed E-state index contributed by atoms with van der Waals surface area (Å²) in [6.45, 7) is 12.7. The molecule has 0 saturated heterocycles. The van der Waals surface area contributed by atoms with Crippen molar-refractivity contribution in [1.29, 1.82) is 0 Å². The summed E-state index contributed by atoms with van der Waals surface area (Å²) in [7, 11) is 0. The van der Waals surface area contributed by atoms with E-state index in [9.17, 15) is 0 Å². The van der Waals surface area contributed by atoms with Gasteiger partial charge in [-0.05, 0) is 59.1 Å². The molecule has 0 aliphatic heterocycles. The molecule has 4 rings (SSSR count). The highest BCUT2D eigenvalue weighted by atomic mass is 32.2. The minimum Gasteiger partial charge on any atom is -0.376 e. The first-order valence-corrected chi connectivity index (χ1v) is 35.9. The molecule has 0 radical (unpaired) electrons. The molecule has 0 heterocycles. The Labute approximate surface area is 515 Å². The van der Waals surface area contributed by atoms with Crippen LogP contribution in [0, 0.1) is 11.8 Å². The van der Waals surface area contributed by atoms with Crippen molar-refractivity contribution in [3.8, 4) is 0 Å². The largest absolute Gasteiger partial charge is 0.376 e. The van der Waals surface area contributed by atoms with Crippen LogP contribution in [0.15, 0.2) is 109 Å². The minimum atomic E-state index is -0.144. The number of thioether (sulfide) groups is 1. The van der Waals surface area contributed by atoms with E-state index >= 15 is 0 Å². The van der Waals surface area contributed by atoms with Gasteiger partial charge in [0.1, 0.15) is 0 Å². The topological polar surface area (TPSA) is 89.0 Å². The van der Waals surface area contributed by atoms with Crippen LogP contribution in [0.5, 0.6) is 0 Å². The van der Waals surface area contributed by atoms with Crippen LogP contribution in [-0.2, 0) is 43.7 Å². The van der Waals surface area contributed by atoms with Crippen molar-refractivity contribution >= 4 is 11.8 Å². The molecule has 7 heteroatoms. The summed E-state index contributed by atoms with van der Waals surface area (Å²) in [5, 5.41) is 0. The maximum Gasteiger partial charge on any atom is 0.0890 e. The van der Waals surface area contributed by atoms with Crippen LogP contribution < -0.4 is 11.5 Å². The number of benzene rings is 4. The van der Waals surface area contributed by atoms with E-state index in [1.165, 1.54) is 226 Å². The molecule has 0 saturated carbocycles. The van der Waals surface area contributed by atoms with Gasteiger partial charge in [-0.1, -0.05) is 330 Å². The molecule has 0 spiro atoms. The Morgan fingerprint density at radius 1 is 0.337 bits per heavy atom. The molecular weight excluding hydrogens is 1040 g/mol. The second-order valence-corrected chi connectivity index (χ2v) is 25.6. The van der Waals surface area contributed by atoms with Crippen molar-refractivity contribution in [2.24, 2.45) is 23.3 Å². The molecule has 0 amide bonds. The van der Waals surface area contributed by atoms with Crippen molar-refractivity contribution in [2.75, 3.05) is 26.4 Å². The third-order valence-electron chi connectivity index (χ3n) is 17.4. The molecule has 0 aliphatic rings. The van der Waals surface area contributed by atoms with Crippen LogP contribution in [0.4, 0.5) is 0 Å². The van der Waals surface area contributed by atoms with Crippen molar-refractivity contribution in [3.63, 3.8) is 0 Å². The summed E-state index contributed by atoms with van der Waals surface area (Å²) in [6.07, 6.45) is 44.9. The highest BCUT2D eigenvalue weighted by molar-refractivity contribution is 7.97. The molecule has 4 aromatic carbocycles. The van der Waals surface area contributed by atoms with Gasteiger partial charge >= 0.3 is 0 Å². The second-order valence-electron chi connectivity index (χ2n) is 24.6. The highest BCUT2D eigenvalue weighted by Gasteiger charge is 2.31. The number of hydrogen-bond acceptors (Lipinski definition) is 7. The number of ether oxygens (including phenoxy) is 4. The second kappa shape index (κ2) is 50.0. The fraction of sp³-hybridized carbons (Fsp3) is 0.684. The molecule has 468 valence electrons. The maximum absolute atomic E-state index is 7.01. The Morgan fingerprint density at radius 2 is 0.627 bits per heavy atom. The molecule has 0 fully saturated rings. The molecule has 0 bridgehead atoms. The average Bonchev–Trinajstić information content (AvgIpc) is 3.56. The lowest BCUT2D eigenvalue weighted by Crippen LogP contribution is -2.38. The summed E-state index contributed by atoms with van der Waals surface area (Å²) in [5.41, 5.74) is 21.4. The van der Waals surface area contributed by atoms with Crippen LogP contribution in [0.1, 0.15) is 292 Å². The molecule has 83 heavy (non-hydrogen) atoms. The first-order valence-electron chi connectivity index (χ1n) is 34.7. The van der Waals surface area contributed by atoms with E-state index in [-0.39, 0.29) is 36.1 Å². The van der Waals surface area contributed by atoms with E-state index in [1.54, 1.807) is 0 Å². The summed E-state index contributed by atoms with van der Waals surface area (Å²) in [4.78, 5) is 0. The van der Waals surface area contributed by atoms with E-state index in [4.69, 9.17) is 30.4 Å². The predicted molar refractivity (Wildman–Crippen MR) is 360 cm³/mol. The maximum atomic E-state index is 7.01. The molecule has 0 aliphatic carbocycles. The van der Waals surface area contributed by atoms with Gasteiger partial charge in [-0.2, -0.15) is 11.8 Å². The molecule has 6 unspecified atom stereocenters. The van der Waals surface area contributed by atoms with E-state index in [2.05, 4.69) is 137 Å². The molecular formula is C76H124N2O4S. The van der Waals surface area contributed by atoms with Gasteiger partial charge < -0.3 is 30.4 Å². The molecule has 4 aromatic rings. The Balaban J connectivity index is 1.33. The van der Waals surface area contributed by atoms with E-state index in [0.717, 1.165) is 50.4 Å². The van der Waals surface area contributed by atoms with Crippen molar-refractivity contribution in [3.05, 3.63) is 143 Å². The third kappa shape index (κ3) is 34.2. The van der Waals surface area contributed by atoms with Gasteiger partial charge in [-0.25, -0.2) is 0 Å². The van der Waals surface area contributed by atoms with Gasteiger partial charge in [0.05, 0.1) is 38.6 Å². The molecule has 0 aromatic heterocycles. The minimum absolute atomic E-state index is 0.0306. The number of nitrogens with two attached hydrogens (primary N) is 2. The highest BCUT2D eigenvalue weighted by Crippen LogP contribution is 2.34. The standard InChI is InChI=1S/C76H124N2O4S/c1-5-9-11-13-15-17-19-21-23-25-27-29-31-33-35-43-55-81-75(71(73(77)7-3)61-79-59-65-47-39-37-40-48-65)69-53-45-51-67(57-69)63-83-64-68-52-46-54-70(58-68)76(72(74(78)8-4)62-80-60-66-49-41-38-42-50-66)82-56-44-36-34-32-30-28-26-24-22-20-18-16-14-12-10-6-2/h37-42,45-54,57-58,71-76H,5-36,43-44,55-56,59-64,77-78H2,1-4H3. The predicted octanol–water partition coefficient (Wildman–Crippen LogP) is 21.9. The zero-order valence-electron chi connectivity index (χ0n) is 53.8. The lowest BCUT2D eigenvalue weighted by atomic mass is 9.88. The Morgan fingerprint density at radius 3 is 0.928 bits per heavy atom. The summed E-state index contributed by atoms with van der Waals surface area (Å²) in [5.74, 6) is 1.86. The third-order valence-corrected chi connectivity index (χ3v) is 18.4. The van der Waals surface area contributed by atoms with Crippen LogP contribution in [-0.4, -0.2) is 38.5 Å². The van der Waals surface area contributed by atoms with Crippen LogP contribution in [0.2, 0.25) is 0 Å². The van der Waals surface area contributed by atoms with Crippen molar-refractivity contribution in [2.45, 2.75) is 295 Å². The molecule has 6 atom stereocenters. The zero-order chi connectivity index (χ0) is 58.9. The Hall–Kier alpha value is -3.01. The van der Waals surface area contributed by atoms with E-state index in [1.807, 2.05) is 11.8 Å². The van der Waals surface area contributed by atoms with Crippen LogP contribution in [0.25, 0.3) is 0 Å². The first kappa shape index (κ1) is 72.5. The molecule has 4 N–H and O–H groups in total. The first-order chi connectivity index (χ1) is 41.0. The van der Waals surface area contributed by atoms with Gasteiger partial charge in [0, 0.05) is 48.6 Å². The van der Waals surface area contributed by atoms with Gasteiger partial charge in [-0.3, -0.25) is 0 Å². The van der Waals surface area contributed by atoms with Crippen LogP contribution >= 0.6 is 11.8 Å². The fourth-order valence-electron chi connectivity index (χ4n) is 11.9. The number of hydrogen-bond donors (Lipinski definition) is 2. The number of rotatable bonds is 56. The smallest absolute Gasteiger partial charge is 0.0890 e. The SMILES string of the molecule is CCCCCCCCCCCCCCCCCCOC(c1cccc(CSCc2cccc(C(OCCCCCCCCCCCCCCCCCC)C(COCc3ccccc3)C(N)CC)c2)c1)C(COCc1ccccc1)C(N)CC. The van der Waals surface area contributed by atoms with Gasteiger partial charge in [0.25, 0.3) is 0 Å². The lowest BCUT2D eigenvalue weighted by molar-refractivity contribution is -0.0386. The average molecular weight is 1160 g/mol. The quantitative estimate of drug-likeness (QED) is 0.0426. The Bertz CT molecular complexity index is 1910. The number of unbranched alkanes of at least 4 members (excludes halogenated alkanes) is 30. The van der Waals surface area contributed by atoms with E-state index in [0.29, 0.717) is 26.4 Å².